The molecule has 0 fully saturated rings. The predicted molar refractivity (Wildman–Crippen MR) is 152 cm³/mol. The maximum Gasteiger partial charge on any atom is 0.519 e. The molecule has 212 valence electrons. The Kier molecular flexibility index (Phi) is 6.91. The van der Waals surface area contributed by atoms with Crippen molar-refractivity contribution in [2.45, 2.75) is 33.4 Å². The Morgan fingerprint density at radius 3 is 2.38 bits per heavy atom. The molecule has 11 heteroatoms. The number of rotatable bonds is 8. The van der Waals surface area contributed by atoms with Crippen molar-refractivity contribution in [3.63, 3.8) is 0 Å². The average molecular weight is 567 g/mol. The number of nitrogens with zero attached hydrogens (tertiary/aromatic N) is 4. The van der Waals surface area contributed by atoms with Crippen LogP contribution in [0, 0.1) is 6.92 Å². The molecule has 0 spiro atoms. The fraction of sp³-hybridized carbons (Fsp3) is 0.194. The number of aromatic nitrogens is 4. The molecule has 6 aromatic rings. The topological polar surface area (TPSA) is 136 Å². The highest BCUT2D eigenvalue weighted by atomic mass is 16.6. The summed E-state index contributed by atoms with van der Waals surface area (Å²) in [6.07, 6.45) is 0.657. The summed E-state index contributed by atoms with van der Waals surface area (Å²) >= 11 is 0. The molecular weight excluding hydrogens is 540 g/mol. The van der Waals surface area contributed by atoms with Crippen LogP contribution in [0.15, 0.2) is 89.7 Å². The maximum absolute atomic E-state index is 13.2. The first kappa shape index (κ1) is 26.8. The molecule has 0 aliphatic carbocycles. The highest BCUT2D eigenvalue weighted by molar-refractivity contribution is 6.02. The van der Waals surface area contributed by atoms with Gasteiger partial charge in [-0.3, -0.25) is 9.09 Å². The van der Waals surface area contributed by atoms with E-state index in [2.05, 4.69) is 5.16 Å². The van der Waals surface area contributed by atoms with Crippen molar-refractivity contribution in [3.8, 4) is 22.5 Å². The van der Waals surface area contributed by atoms with Crippen LogP contribution in [0.2, 0.25) is 0 Å². The van der Waals surface area contributed by atoms with Gasteiger partial charge in [-0.05, 0) is 35.7 Å². The van der Waals surface area contributed by atoms with Crippen molar-refractivity contribution in [2.75, 3.05) is 0 Å². The fourth-order valence-corrected chi connectivity index (χ4v) is 4.98. The molecule has 3 aromatic carbocycles. The number of esters is 1. The van der Waals surface area contributed by atoms with Crippen LogP contribution in [0.1, 0.15) is 40.2 Å². The number of ether oxygens (including phenoxy) is 1. The number of aryl methyl sites for hydroxylation is 2. The van der Waals surface area contributed by atoms with Crippen LogP contribution in [0.4, 0.5) is 0 Å². The Labute approximate surface area is 238 Å². The molecule has 0 N–H and O–H groups in total. The minimum Gasteiger partial charge on any atom is -0.454 e. The van der Waals surface area contributed by atoms with Gasteiger partial charge in [-0.25, -0.2) is 19.4 Å². The highest BCUT2D eigenvalue weighted by Gasteiger charge is 2.21. The molecule has 0 saturated heterocycles. The van der Waals surface area contributed by atoms with Crippen molar-refractivity contribution < 1.29 is 22.9 Å². The lowest BCUT2D eigenvalue weighted by atomic mass is 9.98. The standard InChI is InChI=1S/C31H26N4O7/c1-4-26-32-24-11-7-10-23(29(36)39-17-25-18(2)40-31(38)41-25)27(24)35(26)16-19-12-14-20(15-13-19)21-8-5-6-9-22(21)28-33-42-30(37)34(28)3/h5-15H,4,16-17H2,1-3H3. The molecule has 11 nitrogen and oxygen atoms in total. The Hall–Kier alpha value is -5.45. The zero-order chi connectivity index (χ0) is 29.4. The van der Waals surface area contributed by atoms with E-state index in [1.807, 2.05) is 66.1 Å². The van der Waals surface area contributed by atoms with E-state index in [9.17, 15) is 14.4 Å². The van der Waals surface area contributed by atoms with Crippen molar-refractivity contribution >= 4 is 17.0 Å². The van der Waals surface area contributed by atoms with E-state index in [-0.39, 0.29) is 18.1 Å². The van der Waals surface area contributed by atoms with E-state index in [0.717, 1.165) is 28.1 Å². The summed E-state index contributed by atoms with van der Waals surface area (Å²) in [5, 5.41) is 3.95. The van der Waals surface area contributed by atoms with Crippen molar-refractivity contribution in [3.05, 3.63) is 116 Å². The molecule has 0 atom stereocenters. The third-order valence-electron chi connectivity index (χ3n) is 7.13. The van der Waals surface area contributed by atoms with E-state index in [1.54, 1.807) is 26.1 Å². The summed E-state index contributed by atoms with van der Waals surface area (Å²) in [5.41, 5.74) is 5.32. The van der Waals surface area contributed by atoms with E-state index >= 15 is 0 Å². The minimum absolute atomic E-state index is 0.163. The molecule has 0 saturated carbocycles. The number of carbonyl (C=O) groups is 1. The maximum atomic E-state index is 13.2. The van der Waals surface area contributed by atoms with Gasteiger partial charge < -0.3 is 18.1 Å². The zero-order valence-electron chi connectivity index (χ0n) is 23.1. The number of hydrogen-bond acceptors (Lipinski definition) is 9. The van der Waals surface area contributed by atoms with E-state index in [0.29, 0.717) is 35.4 Å². The van der Waals surface area contributed by atoms with Crippen LogP contribution in [0.3, 0.4) is 0 Å². The van der Waals surface area contributed by atoms with Gasteiger partial charge in [0.05, 0.1) is 16.6 Å². The van der Waals surface area contributed by atoms with Crippen LogP contribution in [-0.4, -0.2) is 25.2 Å². The summed E-state index contributed by atoms with van der Waals surface area (Å²) in [6.45, 7) is 3.82. The van der Waals surface area contributed by atoms with Gasteiger partial charge in [-0.2, -0.15) is 0 Å². The molecule has 0 bridgehead atoms. The largest absolute Gasteiger partial charge is 0.519 e. The SMILES string of the molecule is CCc1nc2cccc(C(=O)OCc3oc(=O)oc3C)c2n1Cc1ccc(-c2ccccc2-c2noc(=O)n2C)cc1. The third kappa shape index (κ3) is 4.85. The van der Waals surface area contributed by atoms with Gasteiger partial charge >= 0.3 is 17.5 Å². The van der Waals surface area contributed by atoms with Crippen molar-refractivity contribution in [1.29, 1.82) is 0 Å². The van der Waals surface area contributed by atoms with Crippen LogP contribution in [0.5, 0.6) is 0 Å². The smallest absolute Gasteiger partial charge is 0.454 e. The van der Waals surface area contributed by atoms with Gasteiger partial charge in [0, 0.05) is 25.6 Å². The van der Waals surface area contributed by atoms with Gasteiger partial charge in [0.2, 0.25) is 0 Å². The molecule has 0 aliphatic heterocycles. The number of hydrogen-bond donors (Lipinski definition) is 0. The second-order valence-electron chi connectivity index (χ2n) is 9.72. The number of benzene rings is 3. The summed E-state index contributed by atoms with van der Waals surface area (Å²) in [4.78, 5) is 41.2. The van der Waals surface area contributed by atoms with Crippen LogP contribution in [0.25, 0.3) is 33.5 Å². The molecule has 3 aromatic heterocycles. The van der Waals surface area contributed by atoms with E-state index in [4.69, 9.17) is 23.1 Å². The number of para-hydroxylation sites is 1. The number of carbonyl (C=O) groups excluding carboxylic acids is 1. The van der Waals surface area contributed by atoms with Gasteiger partial charge in [0.25, 0.3) is 0 Å². The molecular formula is C31H26N4O7. The molecule has 0 unspecified atom stereocenters. The second kappa shape index (κ2) is 10.8. The Morgan fingerprint density at radius 1 is 0.952 bits per heavy atom. The van der Waals surface area contributed by atoms with E-state index < -0.39 is 17.5 Å². The summed E-state index contributed by atoms with van der Waals surface area (Å²) in [7, 11) is 1.62. The van der Waals surface area contributed by atoms with Gasteiger partial charge in [-0.1, -0.05) is 66.7 Å². The first-order valence-electron chi connectivity index (χ1n) is 13.3. The molecule has 6 rings (SSSR count). The fourth-order valence-electron chi connectivity index (χ4n) is 4.98. The van der Waals surface area contributed by atoms with Gasteiger partial charge in [-0.15, -0.1) is 0 Å². The Bertz CT molecular complexity index is 2040. The van der Waals surface area contributed by atoms with Crippen molar-refractivity contribution in [1.82, 2.24) is 19.3 Å². The quantitative estimate of drug-likeness (QED) is 0.236. The lowest BCUT2D eigenvalue weighted by Crippen LogP contribution is -2.10. The Balaban J connectivity index is 1.31. The van der Waals surface area contributed by atoms with Crippen LogP contribution >= 0.6 is 0 Å². The monoisotopic (exact) mass is 566 g/mol. The van der Waals surface area contributed by atoms with Gasteiger partial charge in [0.1, 0.15) is 5.82 Å². The summed E-state index contributed by atoms with van der Waals surface area (Å²) in [6, 6.07) is 21.0. The lowest BCUT2D eigenvalue weighted by molar-refractivity contribution is 0.0444. The average Bonchev–Trinajstić information content (AvgIpc) is 3.65. The first-order chi connectivity index (χ1) is 20.3. The van der Waals surface area contributed by atoms with Crippen molar-refractivity contribution in [2.24, 2.45) is 7.05 Å². The molecule has 0 aliphatic rings. The third-order valence-corrected chi connectivity index (χ3v) is 7.13. The number of fused-ring (bicyclic) bond motifs is 1. The lowest BCUT2D eigenvalue weighted by Gasteiger charge is -2.13. The number of imidazole rings is 1. The predicted octanol–water partition coefficient (Wildman–Crippen LogP) is 4.88. The molecule has 42 heavy (non-hydrogen) atoms. The van der Waals surface area contributed by atoms with Crippen LogP contribution in [-0.2, 0) is 31.4 Å². The second-order valence-corrected chi connectivity index (χ2v) is 9.72. The Morgan fingerprint density at radius 2 is 1.71 bits per heavy atom. The molecule has 0 radical (unpaired) electrons. The zero-order valence-corrected chi connectivity index (χ0v) is 23.1. The highest BCUT2D eigenvalue weighted by Crippen LogP contribution is 2.31. The van der Waals surface area contributed by atoms with Gasteiger partial charge in [0.15, 0.2) is 24.0 Å². The normalized spacial score (nSPS) is 11.3. The summed E-state index contributed by atoms with van der Waals surface area (Å²) in [5.74, 6) is -0.242. The summed E-state index contributed by atoms with van der Waals surface area (Å²) < 4.78 is 23.5. The molecule has 0 amide bonds. The molecule has 3 heterocycles. The minimum atomic E-state index is -0.843. The first-order valence-corrected chi connectivity index (χ1v) is 13.3. The van der Waals surface area contributed by atoms with E-state index in [1.165, 1.54) is 4.57 Å². The van der Waals surface area contributed by atoms with Crippen LogP contribution < -0.4 is 11.6 Å².